The minimum Gasteiger partial charge on any atom is -0.373 e. The smallest absolute Gasteiger partial charge is 0.0815 e. The van der Waals surface area contributed by atoms with Gasteiger partial charge >= 0.3 is 0 Å². The van der Waals surface area contributed by atoms with E-state index in [0.29, 0.717) is 18.3 Å². The van der Waals surface area contributed by atoms with Crippen LogP contribution in [0, 0.1) is 5.41 Å². The summed E-state index contributed by atoms with van der Waals surface area (Å²) in [5.41, 5.74) is 3.57. The van der Waals surface area contributed by atoms with Gasteiger partial charge in [0.15, 0.2) is 0 Å². The maximum atomic E-state index is 5.89. The standard InChI is InChI=1S/C29H30O3/c1-4-10-22(11-5-1)29(23-12-6-2-7-13-23,24-14-8-3-9-15-24)28(16-25-19-30-25,17-26-20-31-26)18-27-21-32-27/h1-15,25-27H,16-21H2. The second kappa shape index (κ2) is 8.15. The zero-order chi connectivity index (χ0) is 21.4. The summed E-state index contributed by atoms with van der Waals surface area (Å²) in [4.78, 5) is 0. The first-order chi connectivity index (χ1) is 15.8. The Kier molecular flexibility index (Phi) is 5.14. The number of hydrogen-bond acceptors (Lipinski definition) is 3. The summed E-state index contributed by atoms with van der Waals surface area (Å²) in [6, 6.07) is 33.3. The summed E-state index contributed by atoms with van der Waals surface area (Å²) < 4.78 is 17.7. The van der Waals surface area contributed by atoms with Gasteiger partial charge in [-0.1, -0.05) is 91.0 Å². The molecule has 0 saturated carbocycles. The van der Waals surface area contributed by atoms with Gasteiger partial charge in [-0.25, -0.2) is 0 Å². The predicted molar refractivity (Wildman–Crippen MR) is 125 cm³/mol. The molecule has 3 heterocycles. The van der Waals surface area contributed by atoms with Crippen LogP contribution in [0.4, 0.5) is 0 Å². The van der Waals surface area contributed by atoms with Gasteiger partial charge in [-0.15, -0.1) is 0 Å². The molecular formula is C29H30O3. The molecule has 0 spiro atoms. The van der Waals surface area contributed by atoms with Crippen LogP contribution < -0.4 is 0 Å². The lowest BCUT2D eigenvalue weighted by atomic mass is 9.49. The maximum Gasteiger partial charge on any atom is 0.0815 e. The molecule has 6 rings (SSSR count). The Bertz CT molecular complexity index is 889. The average Bonchev–Trinajstić information content (AvgIpc) is 3.67. The van der Waals surface area contributed by atoms with Gasteiger partial charge in [-0.3, -0.25) is 0 Å². The third-order valence-corrected chi connectivity index (χ3v) is 7.48. The fourth-order valence-corrected chi connectivity index (χ4v) is 6.06. The number of rotatable bonds is 10. The van der Waals surface area contributed by atoms with Crippen molar-refractivity contribution in [2.24, 2.45) is 5.41 Å². The normalized spacial score (nSPS) is 25.7. The molecular weight excluding hydrogens is 396 g/mol. The van der Waals surface area contributed by atoms with Gasteiger partial charge in [0.2, 0.25) is 0 Å². The lowest BCUT2D eigenvalue weighted by Crippen LogP contribution is -2.50. The van der Waals surface area contributed by atoms with Gasteiger partial charge in [0.05, 0.1) is 43.5 Å². The Balaban J connectivity index is 1.67. The van der Waals surface area contributed by atoms with E-state index >= 15 is 0 Å². The monoisotopic (exact) mass is 426 g/mol. The molecule has 0 radical (unpaired) electrons. The van der Waals surface area contributed by atoms with Gasteiger partial charge in [-0.05, 0) is 41.4 Å². The molecule has 32 heavy (non-hydrogen) atoms. The van der Waals surface area contributed by atoms with Crippen LogP contribution in [-0.2, 0) is 19.6 Å². The Morgan fingerprint density at radius 3 is 1.03 bits per heavy atom. The number of hydrogen-bond donors (Lipinski definition) is 0. The molecule has 0 aliphatic carbocycles. The molecule has 0 aromatic heterocycles. The van der Waals surface area contributed by atoms with Crippen molar-refractivity contribution in [3.8, 4) is 0 Å². The van der Waals surface area contributed by atoms with E-state index in [4.69, 9.17) is 14.2 Å². The van der Waals surface area contributed by atoms with Crippen LogP contribution in [0.1, 0.15) is 36.0 Å². The fraction of sp³-hybridized carbons (Fsp3) is 0.379. The first kappa shape index (κ1) is 20.2. The van der Waals surface area contributed by atoms with Crippen molar-refractivity contribution >= 4 is 0 Å². The molecule has 3 atom stereocenters. The summed E-state index contributed by atoms with van der Waals surface area (Å²) in [7, 11) is 0. The van der Waals surface area contributed by atoms with Crippen molar-refractivity contribution in [3.63, 3.8) is 0 Å². The van der Waals surface area contributed by atoms with Crippen LogP contribution in [0.2, 0.25) is 0 Å². The highest BCUT2D eigenvalue weighted by Crippen LogP contribution is 2.61. The maximum absolute atomic E-state index is 5.89. The van der Waals surface area contributed by atoms with Crippen molar-refractivity contribution in [1.29, 1.82) is 0 Å². The summed E-state index contributed by atoms with van der Waals surface area (Å²) in [6.45, 7) is 2.56. The Morgan fingerprint density at radius 1 is 0.500 bits per heavy atom. The molecule has 3 saturated heterocycles. The zero-order valence-corrected chi connectivity index (χ0v) is 18.4. The molecule has 0 bridgehead atoms. The van der Waals surface area contributed by atoms with Gasteiger partial charge in [-0.2, -0.15) is 0 Å². The van der Waals surface area contributed by atoms with Crippen LogP contribution >= 0.6 is 0 Å². The van der Waals surface area contributed by atoms with Crippen molar-refractivity contribution in [3.05, 3.63) is 108 Å². The lowest BCUT2D eigenvalue weighted by molar-refractivity contribution is 0.0921. The van der Waals surface area contributed by atoms with E-state index in [-0.39, 0.29) is 10.8 Å². The molecule has 0 amide bonds. The Hall–Kier alpha value is -2.46. The van der Waals surface area contributed by atoms with Gasteiger partial charge in [0, 0.05) is 0 Å². The molecule has 0 N–H and O–H groups in total. The van der Waals surface area contributed by atoms with E-state index in [1.54, 1.807) is 0 Å². The molecule has 3 nitrogen and oxygen atoms in total. The van der Waals surface area contributed by atoms with Crippen molar-refractivity contribution < 1.29 is 14.2 Å². The summed E-state index contributed by atoms with van der Waals surface area (Å²) in [6.07, 6.45) is 3.94. The quantitative estimate of drug-likeness (QED) is 0.323. The molecule has 3 fully saturated rings. The molecule has 164 valence electrons. The molecule has 3 aromatic rings. The Morgan fingerprint density at radius 2 is 0.781 bits per heavy atom. The van der Waals surface area contributed by atoms with E-state index in [1.807, 2.05) is 0 Å². The predicted octanol–water partition coefficient (Wildman–Crippen LogP) is 5.37. The van der Waals surface area contributed by atoms with E-state index in [1.165, 1.54) is 16.7 Å². The molecule has 3 unspecified atom stereocenters. The average molecular weight is 427 g/mol. The van der Waals surface area contributed by atoms with E-state index in [0.717, 1.165) is 39.1 Å². The molecule has 3 aromatic carbocycles. The van der Waals surface area contributed by atoms with Crippen LogP contribution in [0.15, 0.2) is 91.0 Å². The van der Waals surface area contributed by atoms with Crippen molar-refractivity contribution in [2.75, 3.05) is 19.8 Å². The SMILES string of the molecule is c1ccc(C(c2ccccc2)(c2ccccc2)C(CC2CO2)(CC2CO2)CC2CO2)cc1. The van der Waals surface area contributed by atoms with Gasteiger partial charge in [0.25, 0.3) is 0 Å². The van der Waals surface area contributed by atoms with E-state index in [2.05, 4.69) is 91.0 Å². The van der Waals surface area contributed by atoms with Crippen LogP contribution in [0.5, 0.6) is 0 Å². The third kappa shape index (κ3) is 3.69. The van der Waals surface area contributed by atoms with Gasteiger partial charge in [0.1, 0.15) is 0 Å². The highest BCUT2D eigenvalue weighted by molar-refractivity contribution is 5.53. The summed E-state index contributed by atoms with van der Waals surface area (Å²) >= 11 is 0. The van der Waals surface area contributed by atoms with Crippen LogP contribution in [0.3, 0.4) is 0 Å². The second-order valence-electron chi connectivity index (χ2n) is 9.61. The molecule has 3 aliphatic rings. The lowest BCUT2D eigenvalue weighted by Gasteiger charge is -2.52. The van der Waals surface area contributed by atoms with Crippen LogP contribution in [-0.4, -0.2) is 38.1 Å². The third-order valence-electron chi connectivity index (χ3n) is 7.48. The topological polar surface area (TPSA) is 37.6 Å². The van der Waals surface area contributed by atoms with E-state index < -0.39 is 0 Å². The summed E-state index contributed by atoms with van der Waals surface area (Å²) in [5, 5.41) is 0. The largest absolute Gasteiger partial charge is 0.373 e. The van der Waals surface area contributed by atoms with Crippen molar-refractivity contribution in [1.82, 2.24) is 0 Å². The molecule has 3 heteroatoms. The minimum atomic E-state index is -0.333. The fourth-order valence-electron chi connectivity index (χ4n) is 6.06. The van der Waals surface area contributed by atoms with Crippen LogP contribution in [0.25, 0.3) is 0 Å². The number of epoxide rings is 3. The zero-order valence-electron chi connectivity index (χ0n) is 18.4. The number of benzene rings is 3. The van der Waals surface area contributed by atoms with Gasteiger partial charge < -0.3 is 14.2 Å². The summed E-state index contributed by atoms with van der Waals surface area (Å²) in [5.74, 6) is 0. The minimum absolute atomic E-state index is 0.0967. The van der Waals surface area contributed by atoms with E-state index in [9.17, 15) is 0 Å². The second-order valence-corrected chi connectivity index (χ2v) is 9.61. The number of ether oxygens (including phenoxy) is 3. The highest BCUT2D eigenvalue weighted by atomic mass is 16.6. The highest BCUT2D eigenvalue weighted by Gasteiger charge is 2.59. The first-order valence-corrected chi connectivity index (χ1v) is 11.8. The van der Waals surface area contributed by atoms with Crippen molar-refractivity contribution in [2.45, 2.75) is 43.0 Å². The Labute approximate surface area is 190 Å². The molecule has 3 aliphatic heterocycles. The first-order valence-electron chi connectivity index (χ1n) is 11.8.